The van der Waals surface area contributed by atoms with Gasteiger partial charge in [0.1, 0.15) is 29.6 Å². The number of nitrogens with zero attached hydrogens (tertiary/aromatic N) is 8. The van der Waals surface area contributed by atoms with Crippen LogP contribution in [0.2, 0.25) is 5.02 Å². The first kappa shape index (κ1) is 43.3. The van der Waals surface area contributed by atoms with Gasteiger partial charge in [0.2, 0.25) is 10.0 Å². The van der Waals surface area contributed by atoms with Gasteiger partial charge in [-0.25, -0.2) is 27.2 Å². The molecule has 0 spiro atoms. The number of hydrogen-bond acceptors (Lipinski definition) is 8. The third-order valence-electron chi connectivity index (χ3n) is 11.3. The lowest BCUT2D eigenvalue weighted by Gasteiger charge is -2.34. The van der Waals surface area contributed by atoms with Crippen LogP contribution in [0.1, 0.15) is 52.7 Å². The number of alkyl halides is 5. The number of carbonyl (C=O) groups excluding carboxylic acids is 1. The molecule has 62 heavy (non-hydrogen) atoms. The minimum Gasteiger partial charge on any atom is -0.304 e. The summed E-state index contributed by atoms with van der Waals surface area (Å²) in [5, 5.41) is 8.12. The second-order valence-electron chi connectivity index (χ2n) is 15.7. The number of sulfonamides is 1. The van der Waals surface area contributed by atoms with Gasteiger partial charge < -0.3 is 4.90 Å². The molecule has 8 rings (SSSR count). The number of anilines is 1. The number of aliphatic imine (C=N–C) groups is 1. The predicted octanol–water partition coefficient (Wildman–Crippen LogP) is 6.61. The Bertz CT molecular complexity index is 2820. The predicted molar refractivity (Wildman–Crippen MR) is 216 cm³/mol. The fourth-order valence-corrected chi connectivity index (χ4v) is 9.15. The molecule has 1 amide bonds. The summed E-state index contributed by atoms with van der Waals surface area (Å²) in [6.07, 6.45) is -4.56. The SMILES string of the molecule is CN1CCN(CC#Cc2ccc(-c3ccc(Cl)c4c(NS(C)(=O)=O)nn(C)c34)c(C(Cc3cc(F)cc(F)c3)=NC(=O)Cn3nc(C(F)(F)F)c4c3C(F)(F)[C@@H]3CC[C@H]43)n2)CC1. The molecule has 21 heteroatoms. The number of benzene rings is 2. The first-order chi connectivity index (χ1) is 29.2. The Labute approximate surface area is 355 Å². The van der Waals surface area contributed by atoms with Crippen molar-refractivity contribution in [1.82, 2.24) is 34.3 Å². The zero-order valence-electron chi connectivity index (χ0n) is 33.3. The van der Waals surface area contributed by atoms with Crippen molar-refractivity contribution in [2.45, 2.75) is 43.8 Å². The van der Waals surface area contributed by atoms with Gasteiger partial charge in [0, 0.05) is 68.3 Å². The van der Waals surface area contributed by atoms with Crippen LogP contribution in [0.4, 0.5) is 36.6 Å². The molecule has 2 fully saturated rings. The number of piperazine rings is 1. The van der Waals surface area contributed by atoms with Crippen LogP contribution in [0.15, 0.2) is 47.5 Å². The molecular weight excluding hydrogens is 867 g/mol. The van der Waals surface area contributed by atoms with Gasteiger partial charge in [0.25, 0.3) is 11.8 Å². The Morgan fingerprint density at radius 1 is 1.00 bits per heavy atom. The summed E-state index contributed by atoms with van der Waals surface area (Å²) >= 11 is 6.62. The highest BCUT2D eigenvalue weighted by atomic mass is 35.5. The minimum atomic E-state index is -5.09. The van der Waals surface area contributed by atoms with Gasteiger partial charge >= 0.3 is 6.18 Å². The highest BCUT2D eigenvalue weighted by Crippen LogP contribution is 2.64. The van der Waals surface area contributed by atoms with Crippen LogP contribution in [0.5, 0.6) is 0 Å². The van der Waals surface area contributed by atoms with E-state index < -0.39 is 81.4 Å². The first-order valence-electron chi connectivity index (χ1n) is 19.3. The maximum atomic E-state index is 15.7. The minimum absolute atomic E-state index is 0.00637. The van der Waals surface area contributed by atoms with Crippen molar-refractivity contribution in [2.24, 2.45) is 18.0 Å². The standard InChI is InChI=1S/C41H37ClF7N9O3S/c1-55-13-15-57(16-14-55)12-4-5-25-6-7-26(27-9-11-30(42)34-36(27)56(2)53-39(34)54-62(3,60)61)35(50-25)31(19-22-17-23(43)20-24(44)18-22)51-32(59)21-58-38-33(37(52-58)41(47,48)49)28-8-10-29(28)40(38,45)46/h6-7,9,11,17-18,20,28-29H,8,10,12-16,19,21H2,1-3H3,(H,53,54)/t28-,29+/m0/s1. The van der Waals surface area contributed by atoms with E-state index in [9.17, 15) is 35.2 Å². The van der Waals surface area contributed by atoms with Crippen LogP contribution in [-0.4, -0.2) is 100 Å². The smallest absolute Gasteiger partial charge is 0.304 e. The molecule has 326 valence electrons. The Morgan fingerprint density at radius 2 is 1.69 bits per heavy atom. The molecule has 1 saturated carbocycles. The van der Waals surface area contributed by atoms with E-state index >= 15 is 8.78 Å². The summed E-state index contributed by atoms with van der Waals surface area (Å²) < 4.78 is 132. The largest absolute Gasteiger partial charge is 0.435 e. The third-order valence-corrected chi connectivity index (χ3v) is 12.2. The highest BCUT2D eigenvalue weighted by Gasteiger charge is 2.63. The molecule has 1 aliphatic heterocycles. The number of fused-ring (bicyclic) bond motifs is 4. The maximum Gasteiger partial charge on any atom is 0.435 e. The Morgan fingerprint density at radius 3 is 2.34 bits per heavy atom. The van der Waals surface area contributed by atoms with Gasteiger partial charge in [-0.3, -0.25) is 23.8 Å². The number of likely N-dealkylation sites (N-methyl/N-ethyl adjacent to an activating group) is 1. The molecule has 2 aromatic carbocycles. The number of halogens is 8. The van der Waals surface area contributed by atoms with Crippen molar-refractivity contribution in [3.05, 3.63) is 93.0 Å². The van der Waals surface area contributed by atoms with E-state index in [0.717, 1.165) is 44.6 Å². The second-order valence-corrected chi connectivity index (χ2v) is 17.9. The zero-order chi connectivity index (χ0) is 44.5. The van der Waals surface area contributed by atoms with E-state index in [1.807, 2.05) is 7.05 Å². The summed E-state index contributed by atoms with van der Waals surface area (Å²) in [5.74, 6) is -3.30. The normalized spacial score (nSPS) is 19.2. The van der Waals surface area contributed by atoms with E-state index in [4.69, 9.17) is 16.6 Å². The van der Waals surface area contributed by atoms with Crippen molar-refractivity contribution < 1.29 is 43.9 Å². The van der Waals surface area contributed by atoms with Gasteiger partial charge in [0.15, 0.2) is 11.5 Å². The Kier molecular flexibility index (Phi) is 11.2. The average Bonchev–Trinajstić information content (AvgIpc) is 3.73. The monoisotopic (exact) mass is 903 g/mol. The van der Waals surface area contributed by atoms with Crippen molar-refractivity contribution in [1.29, 1.82) is 0 Å². The molecule has 3 aromatic heterocycles. The molecule has 2 atom stereocenters. The molecular formula is C41H37ClF7N9O3S. The fraction of sp³-hybridized carbons (Fsp3) is 0.390. The average molecular weight is 904 g/mol. The van der Waals surface area contributed by atoms with Crippen molar-refractivity contribution >= 4 is 50.0 Å². The van der Waals surface area contributed by atoms with Crippen LogP contribution in [0.3, 0.4) is 0 Å². The van der Waals surface area contributed by atoms with E-state index in [0.29, 0.717) is 22.9 Å². The molecule has 0 bridgehead atoms. The lowest BCUT2D eigenvalue weighted by molar-refractivity contribution is -0.143. The Balaban J connectivity index is 1.29. The van der Waals surface area contributed by atoms with Crippen LogP contribution in [0, 0.1) is 29.4 Å². The van der Waals surface area contributed by atoms with Gasteiger partial charge in [-0.15, -0.1) is 0 Å². The summed E-state index contributed by atoms with van der Waals surface area (Å²) in [6, 6.07) is 8.80. The summed E-state index contributed by atoms with van der Waals surface area (Å²) in [7, 11) is -0.313. The van der Waals surface area contributed by atoms with Gasteiger partial charge in [0.05, 0.1) is 40.1 Å². The molecule has 0 radical (unpaired) electrons. The van der Waals surface area contributed by atoms with Crippen molar-refractivity contribution in [2.75, 3.05) is 50.7 Å². The maximum absolute atomic E-state index is 15.7. The summed E-state index contributed by atoms with van der Waals surface area (Å²) in [5.41, 5.74) is -2.50. The number of rotatable bonds is 9. The molecule has 5 aromatic rings. The van der Waals surface area contributed by atoms with Gasteiger partial charge in [-0.1, -0.05) is 23.6 Å². The lowest BCUT2D eigenvalue weighted by atomic mass is 9.73. The molecule has 1 N–H and O–H groups in total. The molecule has 2 aliphatic carbocycles. The first-order valence-corrected chi connectivity index (χ1v) is 21.6. The quantitative estimate of drug-likeness (QED) is 0.0995. The van der Waals surface area contributed by atoms with E-state index in [-0.39, 0.29) is 62.8 Å². The molecule has 4 heterocycles. The number of hydrogen-bond donors (Lipinski definition) is 1. The highest BCUT2D eigenvalue weighted by molar-refractivity contribution is 7.92. The van der Waals surface area contributed by atoms with Gasteiger partial charge in [-0.05, 0) is 67.6 Å². The zero-order valence-corrected chi connectivity index (χ0v) is 34.9. The van der Waals surface area contributed by atoms with Crippen LogP contribution in [-0.2, 0) is 46.9 Å². The summed E-state index contributed by atoms with van der Waals surface area (Å²) in [6.45, 7) is 2.48. The number of pyridine rings is 1. The van der Waals surface area contributed by atoms with E-state index in [1.54, 1.807) is 18.2 Å². The Hall–Kier alpha value is -5.36. The fourth-order valence-electron chi connectivity index (χ4n) is 8.41. The number of aromatic nitrogens is 5. The number of aryl methyl sites for hydroxylation is 1. The van der Waals surface area contributed by atoms with Crippen molar-refractivity contribution in [3.63, 3.8) is 0 Å². The van der Waals surface area contributed by atoms with Crippen LogP contribution < -0.4 is 4.72 Å². The lowest BCUT2D eigenvalue weighted by Crippen LogP contribution is -2.44. The number of carbonyl (C=O) groups is 1. The molecule has 12 nitrogen and oxygen atoms in total. The summed E-state index contributed by atoms with van der Waals surface area (Å²) in [4.78, 5) is 27.4. The third kappa shape index (κ3) is 8.42. The van der Waals surface area contributed by atoms with Crippen LogP contribution in [0.25, 0.3) is 22.0 Å². The molecule has 0 unspecified atom stereocenters. The van der Waals surface area contributed by atoms with Crippen molar-refractivity contribution in [3.8, 4) is 23.0 Å². The van der Waals surface area contributed by atoms with Crippen LogP contribution >= 0.6 is 11.6 Å². The number of nitrogens with one attached hydrogen (secondary N) is 1. The molecule has 3 aliphatic rings. The van der Waals surface area contributed by atoms with E-state index in [1.165, 1.54) is 17.8 Å². The van der Waals surface area contributed by atoms with Gasteiger partial charge in [-0.2, -0.15) is 32.1 Å². The topological polar surface area (TPSA) is 131 Å². The second kappa shape index (κ2) is 16.1. The number of amides is 1. The van der Waals surface area contributed by atoms with E-state index in [2.05, 4.69) is 41.6 Å². The molecule has 1 saturated heterocycles.